The Morgan fingerprint density at radius 2 is 2.21 bits per heavy atom. The van der Waals surface area contributed by atoms with Crippen LogP contribution in [0.1, 0.15) is 61.2 Å². The number of carbonyl (C=O) groups excluding carboxylic acids is 1. The number of hydrogen-bond donors (Lipinski definition) is 1. The average molecular weight is 345 g/mol. The molecule has 2 amide bonds. The van der Waals surface area contributed by atoms with Crippen LogP contribution in [0, 0.1) is 12.8 Å². The monoisotopic (exact) mass is 345 g/mol. The second kappa shape index (κ2) is 6.24. The third kappa shape index (κ3) is 3.20. The number of amides is 2. The van der Waals surface area contributed by atoms with Gasteiger partial charge in [0.1, 0.15) is 10.8 Å². The van der Waals surface area contributed by atoms with E-state index in [0.29, 0.717) is 12.0 Å². The quantitative estimate of drug-likeness (QED) is 0.842. The predicted molar refractivity (Wildman–Crippen MR) is 92.8 cm³/mol. The fourth-order valence-electron chi connectivity index (χ4n) is 3.21. The number of furan rings is 1. The summed E-state index contributed by atoms with van der Waals surface area (Å²) in [5.74, 6) is 1.37. The van der Waals surface area contributed by atoms with Crippen molar-refractivity contribution in [1.82, 2.24) is 15.2 Å². The van der Waals surface area contributed by atoms with E-state index in [1.807, 2.05) is 30.9 Å². The van der Waals surface area contributed by atoms with E-state index < -0.39 is 0 Å². The zero-order valence-corrected chi connectivity index (χ0v) is 14.9. The Bertz CT molecular complexity index is 704. The van der Waals surface area contributed by atoms with Crippen molar-refractivity contribution in [2.24, 2.45) is 5.92 Å². The molecule has 2 unspecified atom stereocenters. The van der Waals surface area contributed by atoms with Gasteiger partial charge in [-0.25, -0.2) is 9.78 Å². The normalized spacial score (nSPS) is 19.8. The minimum Gasteiger partial charge on any atom is -0.467 e. The highest BCUT2D eigenvalue weighted by Gasteiger charge is 2.41. The number of nitrogens with one attached hydrogen (secondary N) is 1. The van der Waals surface area contributed by atoms with Gasteiger partial charge in [-0.15, -0.1) is 11.3 Å². The number of aryl methyl sites for hydroxylation is 1. The minimum atomic E-state index is -0.0506. The van der Waals surface area contributed by atoms with Crippen molar-refractivity contribution in [1.29, 1.82) is 0 Å². The first-order valence-corrected chi connectivity index (χ1v) is 9.55. The minimum absolute atomic E-state index is 0.00570. The lowest BCUT2D eigenvalue weighted by molar-refractivity contribution is 0.161. The zero-order valence-electron chi connectivity index (χ0n) is 14.1. The zero-order chi connectivity index (χ0) is 16.7. The van der Waals surface area contributed by atoms with Crippen molar-refractivity contribution < 1.29 is 9.21 Å². The first-order valence-electron chi connectivity index (χ1n) is 8.67. The van der Waals surface area contributed by atoms with Crippen LogP contribution in [0.3, 0.4) is 0 Å². The van der Waals surface area contributed by atoms with Crippen molar-refractivity contribution in [2.45, 2.75) is 57.7 Å². The summed E-state index contributed by atoms with van der Waals surface area (Å²) in [4.78, 5) is 19.6. The van der Waals surface area contributed by atoms with Gasteiger partial charge < -0.3 is 14.6 Å². The number of aromatic nitrogens is 1. The average Bonchev–Trinajstić information content (AvgIpc) is 3.47. The summed E-state index contributed by atoms with van der Waals surface area (Å²) in [7, 11) is 0. The number of rotatable bonds is 6. The molecule has 2 atom stereocenters. The molecule has 2 fully saturated rings. The molecule has 2 heterocycles. The van der Waals surface area contributed by atoms with Gasteiger partial charge in [-0.3, -0.25) is 0 Å². The van der Waals surface area contributed by atoms with Crippen molar-refractivity contribution in [2.75, 3.05) is 0 Å². The molecule has 6 heteroatoms. The Morgan fingerprint density at radius 1 is 1.42 bits per heavy atom. The van der Waals surface area contributed by atoms with Gasteiger partial charge in [-0.2, -0.15) is 0 Å². The Morgan fingerprint density at radius 3 is 2.75 bits per heavy atom. The van der Waals surface area contributed by atoms with Crippen LogP contribution in [0.4, 0.5) is 4.79 Å². The number of hydrogen-bond acceptors (Lipinski definition) is 4. The summed E-state index contributed by atoms with van der Waals surface area (Å²) in [5, 5.41) is 6.35. The molecular formula is C18H23N3O2S. The van der Waals surface area contributed by atoms with Gasteiger partial charge >= 0.3 is 6.03 Å². The third-order valence-corrected chi connectivity index (χ3v) is 5.87. The van der Waals surface area contributed by atoms with Crippen LogP contribution < -0.4 is 5.32 Å². The van der Waals surface area contributed by atoms with E-state index in [1.54, 1.807) is 17.6 Å². The lowest BCUT2D eigenvalue weighted by Crippen LogP contribution is -2.44. The van der Waals surface area contributed by atoms with Crippen LogP contribution in [0.25, 0.3) is 0 Å². The molecule has 0 radical (unpaired) electrons. The Kier molecular flexibility index (Phi) is 4.08. The topological polar surface area (TPSA) is 58.4 Å². The number of thiazole rings is 1. The standard InChI is InChI=1S/C18H23N3O2S/c1-11-10-24-17(19-11)16(13-5-6-13)20-18(22)21(14-7-8-14)12(2)15-4-3-9-23-15/h3-4,9-10,12-14,16H,5-8H2,1-2H3,(H,20,22). The first-order chi connectivity index (χ1) is 11.6. The van der Waals surface area contributed by atoms with E-state index in [2.05, 4.69) is 15.7 Å². The van der Waals surface area contributed by atoms with E-state index in [0.717, 1.165) is 29.3 Å². The number of carbonyl (C=O) groups is 1. The highest BCUT2D eigenvalue weighted by molar-refractivity contribution is 7.09. The lowest BCUT2D eigenvalue weighted by atomic mass is 10.2. The molecular weight excluding hydrogens is 322 g/mol. The molecule has 0 bridgehead atoms. The maximum atomic E-state index is 13.0. The van der Waals surface area contributed by atoms with Gasteiger partial charge in [0.05, 0.1) is 18.3 Å². The second-order valence-corrected chi connectivity index (χ2v) is 7.81. The van der Waals surface area contributed by atoms with Crippen molar-refractivity contribution in [3.05, 3.63) is 40.2 Å². The van der Waals surface area contributed by atoms with Gasteiger partial charge in [0.2, 0.25) is 0 Å². The molecule has 2 aromatic rings. The summed E-state index contributed by atoms with van der Waals surface area (Å²) >= 11 is 1.65. The van der Waals surface area contributed by atoms with Crippen molar-refractivity contribution in [3.8, 4) is 0 Å². The van der Waals surface area contributed by atoms with E-state index >= 15 is 0 Å². The highest BCUT2D eigenvalue weighted by atomic mass is 32.1. The summed E-state index contributed by atoms with van der Waals surface area (Å²) in [6, 6.07) is 4.14. The molecule has 0 saturated heterocycles. The second-order valence-electron chi connectivity index (χ2n) is 6.92. The van der Waals surface area contributed by atoms with Gasteiger partial charge in [0.15, 0.2) is 0 Å². The highest BCUT2D eigenvalue weighted by Crippen LogP contribution is 2.42. The lowest BCUT2D eigenvalue weighted by Gasteiger charge is -2.30. The molecule has 2 saturated carbocycles. The van der Waals surface area contributed by atoms with Gasteiger partial charge in [-0.1, -0.05) is 0 Å². The van der Waals surface area contributed by atoms with Crippen molar-refractivity contribution in [3.63, 3.8) is 0 Å². The van der Waals surface area contributed by atoms with Crippen molar-refractivity contribution >= 4 is 17.4 Å². The largest absolute Gasteiger partial charge is 0.467 e. The van der Waals surface area contributed by atoms with Crippen LogP contribution in [-0.4, -0.2) is 22.0 Å². The van der Waals surface area contributed by atoms with Crippen LogP contribution >= 0.6 is 11.3 Å². The molecule has 2 aromatic heterocycles. The Balaban J connectivity index is 1.52. The van der Waals surface area contributed by atoms with Gasteiger partial charge in [0, 0.05) is 17.1 Å². The molecule has 24 heavy (non-hydrogen) atoms. The molecule has 2 aliphatic rings. The SMILES string of the molecule is Cc1csc(C(NC(=O)N(C2CC2)C(C)c2ccco2)C2CC2)n1. The van der Waals surface area contributed by atoms with E-state index in [9.17, 15) is 4.79 Å². The van der Waals surface area contributed by atoms with E-state index in [4.69, 9.17) is 4.42 Å². The third-order valence-electron chi connectivity index (χ3n) is 4.82. The van der Waals surface area contributed by atoms with E-state index in [1.165, 1.54) is 12.8 Å². The summed E-state index contributed by atoms with van der Waals surface area (Å²) in [6.45, 7) is 4.04. The molecule has 0 aromatic carbocycles. The molecule has 4 rings (SSSR count). The van der Waals surface area contributed by atoms with Crippen LogP contribution in [0.15, 0.2) is 28.2 Å². The van der Waals surface area contributed by atoms with Crippen LogP contribution in [0.2, 0.25) is 0 Å². The molecule has 0 aliphatic heterocycles. The smallest absolute Gasteiger partial charge is 0.318 e. The Labute approximate surface area is 146 Å². The molecule has 1 N–H and O–H groups in total. The van der Waals surface area contributed by atoms with Crippen LogP contribution in [-0.2, 0) is 0 Å². The number of urea groups is 1. The fourth-order valence-corrected chi connectivity index (χ4v) is 4.15. The van der Waals surface area contributed by atoms with Crippen LogP contribution in [0.5, 0.6) is 0 Å². The summed E-state index contributed by atoms with van der Waals surface area (Å²) in [6.07, 6.45) is 6.15. The first kappa shape index (κ1) is 15.7. The molecule has 5 nitrogen and oxygen atoms in total. The maximum Gasteiger partial charge on any atom is 0.318 e. The summed E-state index contributed by atoms with van der Waals surface area (Å²) < 4.78 is 5.53. The fraction of sp³-hybridized carbons (Fsp3) is 0.556. The summed E-state index contributed by atoms with van der Waals surface area (Å²) in [5.41, 5.74) is 1.03. The Hall–Kier alpha value is -1.82. The molecule has 2 aliphatic carbocycles. The van der Waals surface area contributed by atoms with Gasteiger partial charge in [-0.05, 0) is 57.6 Å². The predicted octanol–water partition coefficient (Wildman–Crippen LogP) is 4.43. The molecule has 0 spiro atoms. The maximum absolute atomic E-state index is 13.0. The van der Waals surface area contributed by atoms with E-state index in [-0.39, 0.29) is 18.1 Å². The number of nitrogens with zero attached hydrogens (tertiary/aromatic N) is 2. The van der Waals surface area contributed by atoms with Gasteiger partial charge in [0.25, 0.3) is 0 Å². The molecule has 128 valence electrons.